The van der Waals surface area contributed by atoms with Crippen molar-refractivity contribution in [1.82, 2.24) is 10.3 Å². The van der Waals surface area contributed by atoms with E-state index >= 15 is 0 Å². The maximum Gasteiger partial charge on any atom is 0.264 e. The monoisotopic (exact) mass is 291 g/mol. The van der Waals surface area contributed by atoms with Gasteiger partial charge < -0.3 is 15.8 Å². The van der Waals surface area contributed by atoms with Crippen molar-refractivity contribution in [1.29, 1.82) is 0 Å². The van der Waals surface area contributed by atoms with Crippen LogP contribution in [0.2, 0.25) is 0 Å². The second kappa shape index (κ2) is 5.03. The van der Waals surface area contributed by atoms with Crippen molar-refractivity contribution in [2.24, 2.45) is 0 Å². The molecule has 2 aromatic heterocycles. The molecule has 0 radical (unpaired) electrons. The van der Waals surface area contributed by atoms with Crippen LogP contribution in [-0.4, -0.2) is 29.6 Å². The van der Waals surface area contributed by atoms with Crippen LogP contribution in [0, 0.1) is 0 Å². The molecule has 3 rings (SSSR count). The molecule has 1 amide bonds. The second-order valence-corrected chi connectivity index (χ2v) is 6.44. The largest absolute Gasteiger partial charge is 0.397 e. The minimum absolute atomic E-state index is 0.128. The van der Waals surface area contributed by atoms with E-state index in [4.69, 9.17) is 10.5 Å². The molecule has 6 heteroatoms. The summed E-state index contributed by atoms with van der Waals surface area (Å²) in [6, 6.07) is 1.84. The minimum Gasteiger partial charge on any atom is -0.397 e. The molecule has 0 aromatic carbocycles. The molecule has 0 aliphatic carbocycles. The first-order valence-corrected chi connectivity index (χ1v) is 7.43. The number of pyridine rings is 1. The van der Waals surface area contributed by atoms with E-state index in [1.54, 1.807) is 12.4 Å². The molecule has 3 N–H and O–H groups in total. The number of hydrogen-bond donors (Lipinski definition) is 2. The van der Waals surface area contributed by atoms with Gasteiger partial charge in [-0.25, -0.2) is 0 Å². The number of nitrogens with one attached hydrogen (secondary N) is 1. The molecule has 3 heterocycles. The summed E-state index contributed by atoms with van der Waals surface area (Å²) in [6.07, 6.45) is 5.30. The Morgan fingerprint density at radius 3 is 3.15 bits per heavy atom. The Kier molecular flexibility index (Phi) is 3.35. The van der Waals surface area contributed by atoms with Crippen LogP contribution in [0.5, 0.6) is 0 Å². The third-order valence-corrected chi connectivity index (χ3v) is 4.75. The van der Waals surface area contributed by atoms with E-state index in [9.17, 15) is 4.79 Å². The van der Waals surface area contributed by atoms with Gasteiger partial charge >= 0.3 is 0 Å². The summed E-state index contributed by atoms with van der Waals surface area (Å²) in [5, 5.41) is 3.95. The van der Waals surface area contributed by atoms with E-state index < -0.39 is 0 Å². The van der Waals surface area contributed by atoms with E-state index in [-0.39, 0.29) is 11.4 Å². The maximum atomic E-state index is 12.5. The zero-order chi connectivity index (χ0) is 14.2. The van der Waals surface area contributed by atoms with Crippen LogP contribution in [0.4, 0.5) is 5.69 Å². The number of ether oxygens (including phenoxy) is 1. The smallest absolute Gasteiger partial charge is 0.264 e. The van der Waals surface area contributed by atoms with E-state index in [0.717, 1.165) is 29.5 Å². The lowest BCUT2D eigenvalue weighted by Crippen LogP contribution is -2.51. The summed E-state index contributed by atoms with van der Waals surface area (Å²) in [7, 11) is 0. The van der Waals surface area contributed by atoms with Gasteiger partial charge in [-0.05, 0) is 25.8 Å². The molecule has 0 saturated carbocycles. The van der Waals surface area contributed by atoms with Crippen molar-refractivity contribution in [3.63, 3.8) is 0 Å². The molecule has 1 fully saturated rings. The van der Waals surface area contributed by atoms with E-state index in [2.05, 4.69) is 10.3 Å². The first kappa shape index (κ1) is 13.3. The number of rotatable bonds is 2. The summed E-state index contributed by atoms with van der Waals surface area (Å²) in [6.45, 7) is 3.32. The van der Waals surface area contributed by atoms with Gasteiger partial charge in [0.2, 0.25) is 0 Å². The van der Waals surface area contributed by atoms with Crippen LogP contribution < -0.4 is 11.1 Å². The number of amides is 1. The van der Waals surface area contributed by atoms with E-state index in [1.165, 1.54) is 11.3 Å². The van der Waals surface area contributed by atoms with Gasteiger partial charge in [-0.15, -0.1) is 11.3 Å². The highest BCUT2D eigenvalue weighted by Gasteiger charge is 2.30. The number of aromatic nitrogens is 1. The number of carbonyl (C=O) groups excluding carboxylic acids is 1. The zero-order valence-electron chi connectivity index (χ0n) is 11.3. The molecule has 5 nitrogen and oxygen atoms in total. The highest BCUT2D eigenvalue weighted by atomic mass is 32.1. The lowest BCUT2D eigenvalue weighted by Gasteiger charge is -2.34. The molecule has 1 unspecified atom stereocenters. The number of thiophene rings is 1. The van der Waals surface area contributed by atoms with Gasteiger partial charge in [-0.2, -0.15) is 0 Å². The van der Waals surface area contributed by atoms with Gasteiger partial charge in [0.1, 0.15) is 4.88 Å². The van der Waals surface area contributed by atoms with Crippen LogP contribution in [0.3, 0.4) is 0 Å². The molecule has 1 saturated heterocycles. The maximum absolute atomic E-state index is 12.5. The molecular weight excluding hydrogens is 274 g/mol. The van der Waals surface area contributed by atoms with Gasteiger partial charge in [0.15, 0.2) is 0 Å². The number of fused-ring (bicyclic) bond motifs is 1. The van der Waals surface area contributed by atoms with Crippen molar-refractivity contribution in [3.05, 3.63) is 23.3 Å². The summed E-state index contributed by atoms with van der Waals surface area (Å²) >= 11 is 1.38. The number of hydrogen-bond acceptors (Lipinski definition) is 5. The molecular formula is C14H17N3O2S. The van der Waals surface area contributed by atoms with Gasteiger partial charge in [0.05, 0.1) is 22.5 Å². The predicted molar refractivity (Wildman–Crippen MR) is 80.0 cm³/mol. The SMILES string of the molecule is CC1(NC(=O)c2sc3cnccc3c2N)CCCOC1. The number of nitrogens with two attached hydrogens (primary N) is 1. The van der Waals surface area contributed by atoms with Crippen LogP contribution in [0.15, 0.2) is 18.5 Å². The third-order valence-electron chi connectivity index (χ3n) is 3.59. The number of carbonyl (C=O) groups is 1. The summed E-state index contributed by atoms with van der Waals surface area (Å²) in [5.41, 5.74) is 6.30. The van der Waals surface area contributed by atoms with Crippen LogP contribution in [-0.2, 0) is 4.74 Å². The molecule has 106 valence electrons. The Labute approximate surface area is 121 Å². The average Bonchev–Trinajstić information content (AvgIpc) is 2.77. The molecule has 1 aliphatic heterocycles. The normalized spacial score (nSPS) is 22.9. The van der Waals surface area contributed by atoms with Crippen molar-refractivity contribution in [3.8, 4) is 0 Å². The van der Waals surface area contributed by atoms with Crippen LogP contribution >= 0.6 is 11.3 Å². The number of anilines is 1. The first-order chi connectivity index (χ1) is 9.59. The van der Waals surface area contributed by atoms with Crippen molar-refractivity contribution >= 4 is 33.0 Å². The highest BCUT2D eigenvalue weighted by molar-refractivity contribution is 7.21. The molecule has 2 aromatic rings. The topological polar surface area (TPSA) is 77.2 Å². The minimum atomic E-state index is -0.309. The Hall–Kier alpha value is -1.66. The van der Waals surface area contributed by atoms with Crippen molar-refractivity contribution in [2.45, 2.75) is 25.3 Å². The van der Waals surface area contributed by atoms with Gasteiger partial charge in [0, 0.05) is 24.4 Å². The predicted octanol–water partition coefficient (Wildman–Crippen LogP) is 2.18. The lowest BCUT2D eigenvalue weighted by molar-refractivity contribution is 0.0274. The van der Waals surface area contributed by atoms with Gasteiger partial charge in [-0.3, -0.25) is 9.78 Å². The van der Waals surface area contributed by atoms with Gasteiger partial charge in [-0.1, -0.05) is 0 Å². The van der Waals surface area contributed by atoms with Crippen LogP contribution in [0.1, 0.15) is 29.4 Å². The third kappa shape index (κ3) is 2.36. The van der Waals surface area contributed by atoms with E-state index in [1.807, 2.05) is 13.0 Å². The Morgan fingerprint density at radius 1 is 1.60 bits per heavy atom. The molecule has 1 atom stereocenters. The fourth-order valence-electron chi connectivity index (χ4n) is 2.50. The Balaban J connectivity index is 1.87. The quantitative estimate of drug-likeness (QED) is 0.889. The van der Waals surface area contributed by atoms with Crippen LogP contribution in [0.25, 0.3) is 10.1 Å². The molecule has 1 aliphatic rings. The number of nitrogens with zero attached hydrogens (tertiary/aromatic N) is 1. The number of nitrogen functional groups attached to an aromatic ring is 1. The molecule has 0 spiro atoms. The first-order valence-electron chi connectivity index (χ1n) is 6.61. The fourth-order valence-corrected chi connectivity index (χ4v) is 3.49. The Bertz CT molecular complexity index is 647. The lowest BCUT2D eigenvalue weighted by atomic mass is 9.95. The zero-order valence-corrected chi connectivity index (χ0v) is 12.1. The highest BCUT2D eigenvalue weighted by Crippen LogP contribution is 2.33. The summed E-state index contributed by atoms with van der Waals surface area (Å²) in [4.78, 5) is 17.1. The second-order valence-electron chi connectivity index (χ2n) is 5.39. The molecule has 20 heavy (non-hydrogen) atoms. The average molecular weight is 291 g/mol. The fraction of sp³-hybridized carbons (Fsp3) is 0.429. The van der Waals surface area contributed by atoms with Gasteiger partial charge in [0.25, 0.3) is 5.91 Å². The Morgan fingerprint density at radius 2 is 2.45 bits per heavy atom. The molecule has 0 bridgehead atoms. The standard InChI is InChI=1S/C14H17N3O2S/c1-14(4-2-6-19-8-14)17-13(18)12-11(15)9-3-5-16-7-10(9)20-12/h3,5,7H,2,4,6,8,15H2,1H3,(H,17,18). The summed E-state index contributed by atoms with van der Waals surface area (Å²) < 4.78 is 6.39. The van der Waals surface area contributed by atoms with Crippen molar-refractivity contribution in [2.75, 3.05) is 18.9 Å². The van der Waals surface area contributed by atoms with E-state index in [0.29, 0.717) is 17.2 Å². The summed E-state index contributed by atoms with van der Waals surface area (Å²) in [5.74, 6) is -0.128. The van der Waals surface area contributed by atoms with Crippen molar-refractivity contribution < 1.29 is 9.53 Å².